The van der Waals surface area contributed by atoms with Crippen molar-refractivity contribution in [2.75, 3.05) is 0 Å². The van der Waals surface area contributed by atoms with E-state index in [0.717, 1.165) is 0 Å². The van der Waals surface area contributed by atoms with Gasteiger partial charge in [-0.15, -0.1) is 0 Å². The summed E-state index contributed by atoms with van der Waals surface area (Å²) < 4.78 is 8.24. The van der Waals surface area contributed by atoms with Crippen molar-refractivity contribution in [1.29, 1.82) is 0 Å². The van der Waals surface area contributed by atoms with Crippen molar-refractivity contribution < 1.29 is 0 Å². The molecule has 12 aromatic rings. The smallest absolute Gasteiger partial charge is 0.252 e. The van der Waals surface area contributed by atoms with E-state index in [2.05, 4.69) is 278 Å². The molecule has 84 heavy (non-hydrogen) atoms. The Hall–Kier alpha value is -7.56. The Kier molecular flexibility index (Phi) is 10.2. The number of aromatic nitrogens is 3. The fourth-order valence-electron chi connectivity index (χ4n) is 16.4. The molecule has 0 saturated carbocycles. The van der Waals surface area contributed by atoms with Crippen molar-refractivity contribution in [2.45, 2.75) is 169 Å². The molecule has 3 nitrogen and oxygen atoms in total. The maximum absolute atomic E-state index is 2.83. The highest BCUT2D eigenvalue weighted by Crippen LogP contribution is 2.63. The van der Waals surface area contributed by atoms with Crippen LogP contribution in [0, 0.1) is 0 Å². The minimum absolute atomic E-state index is 0.0683. The normalized spacial score (nSPS) is 14.9. The first kappa shape index (κ1) is 52.0. The number of hydrogen-bond acceptors (Lipinski definition) is 0. The summed E-state index contributed by atoms with van der Waals surface area (Å²) in [5.41, 5.74) is 33.0. The first-order valence-electron chi connectivity index (χ1n) is 31.5. The molecule has 1 spiro atoms. The van der Waals surface area contributed by atoms with Crippen LogP contribution in [0.5, 0.6) is 0 Å². The SMILES string of the molecule is CC(C)c1ccc(-n2c3cc(C(C)C)ccc3c3c4c5c(C(C)C)cccc5n5c4c(cc32)B2c3c-5ccc4c3-n3c5c2cc(C(C)(C)C)cc5c2cc(C(C)(C)C)cc(c23)C42c3cc(C(C)(C)C)ccc3-c3ccc(C(C)(C)C)cc32)cc1. The lowest BCUT2D eigenvalue weighted by Gasteiger charge is -2.45. The molecule has 0 bridgehead atoms. The lowest BCUT2D eigenvalue weighted by molar-refractivity contribution is 0.583. The third kappa shape index (κ3) is 6.51. The molecule has 0 unspecified atom stereocenters. The monoisotopic (exact) mass is 1090 g/mol. The quantitative estimate of drug-likeness (QED) is 0.156. The van der Waals surface area contributed by atoms with Crippen molar-refractivity contribution in [3.63, 3.8) is 0 Å². The Morgan fingerprint density at radius 2 is 0.952 bits per heavy atom. The van der Waals surface area contributed by atoms with Gasteiger partial charge in [0.1, 0.15) is 0 Å². The molecule has 0 fully saturated rings. The number of rotatable bonds is 4. The highest BCUT2D eigenvalue weighted by atomic mass is 15.1. The molecule has 0 N–H and O–H groups in total. The van der Waals surface area contributed by atoms with E-state index < -0.39 is 5.41 Å². The molecule has 9 aromatic carbocycles. The van der Waals surface area contributed by atoms with E-state index in [4.69, 9.17) is 0 Å². The van der Waals surface area contributed by atoms with Gasteiger partial charge in [0.2, 0.25) is 0 Å². The summed E-state index contributed by atoms with van der Waals surface area (Å²) in [4.78, 5) is 0. The molecule has 0 saturated heterocycles. The molecule has 3 aliphatic heterocycles. The standard InChI is InChI=1S/C80H80BN3/c1-42(2)45-22-27-51(28-23-45)82-66-34-46(43(3)4)24-29-55(66)69-67(82)41-63-75-70(69)68-52(44(5)6)20-19-21-64(68)83(75)65-33-32-58-74-71(65)81(63)62-40-50(79(16,17)18)36-57-56-35-49(78(13,14)15)39-61(72(56)84(74)73(57)62)80(58)59-37-47(76(7,8)9)25-30-53(59)54-31-26-48(38-60(54)80)77(10,11)12/h19-44H,1-18H3. The molecule has 0 radical (unpaired) electrons. The molecule has 0 atom stereocenters. The summed E-state index contributed by atoms with van der Waals surface area (Å²) in [6, 6.07) is 57.8. The van der Waals surface area contributed by atoms with Crippen LogP contribution in [0.15, 0.2) is 140 Å². The first-order valence-corrected chi connectivity index (χ1v) is 31.5. The Balaban J connectivity index is 1.17. The summed E-state index contributed by atoms with van der Waals surface area (Å²) in [5.74, 6) is 1.12. The van der Waals surface area contributed by atoms with E-state index in [1.807, 2.05) is 0 Å². The lowest BCUT2D eigenvalue weighted by atomic mass is 9.33. The molecule has 6 heterocycles. The van der Waals surface area contributed by atoms with Gasteiger partial charge in [-0.1, -0.05) is 216 Å². The van der Waals surface area contributed by atoms with Crippen LogP contribution in [-0.4, -0.2) is 20.4 Å². The number of fused-ring (bicyclic) bond motifs is 18. The minimum atomic E-state index is -0.637. The molecule has 16 rings (SSSR count). The largest absolute Gasteiger partial charge is 0.310 e. The molecule has 4 aliphatic rings. The fraction of sp³-hybridized carbons (Fsp3) is 0.325. The van der Waals surface area contributed by atoms with Gasteiger partial charge in [0, 0.05) is 54.9 Å². The molecule has 3 aromatic heterocycles. The first-order chi connectivity index (χ1) is 39.7. The Morgan fingerprint density at radius 1 is 0.381 bits per heavy atom. The van der Waals surface area contributed by atoms with Crippen LogP contribution in [0.4, 0.5) is 0 Å². The van der Waals surface area contributed by atoms with E-state index >= 15 is 0 Å². The topological polar surface area (TPSA) is 14.8 Å². The second-order valence-corrected chi connectivity index (χ2v) is 31.1. The van der Waals surface area contributed by atoms with Gasteiger partial charge in [-0.2, -0.15) is 0 Å². The molecule has 4 heteroatoms. The van der Waals surface area contributed by atoms with Gasteiger partial charge in [-0.05, 0) is 177 Å². The summed E-state index contributed by atoms with van der Waals surface area (Å²) in [7, 11) is 0. The summed E-state index contributed by atoms with van der Waals surface area (Å²) in [6.45, 7) is 42.9. The third-order valence-corrected chi connectivity index (χ3v) is 20.9. The predicted octanol–water partition coefficient (Wildman–Crippen LogP) is 19.4. The van der Waals surface area contributed by atoms with Gasteiger partial charge in [0.25, 0.3) is 6.71 Å². The number of nitrogens with zero attached hydrogens (tertiary/aromatic N) is 3. The van der Waals surface area contributed by atoms with Gasteiger partial charge in [0.05, 0.1) is 33.0 Å². The number of benzene rings is 9. The third-order valence-electron chi connectivity index (χ3n) is 20.9. The van der Waals surface area contributed by atoms with Crippen LogP contribution in [0.25, 0.3) is 93.6 Å². The minimum Gasteiger partial charge on any atom is -0.310 e. The molecule has 418 valence electrons. The molecule has 0 amide bonds. The van der Waals surface area contributed by atoms with Crippen LogP contribution in [-0.2, 0) is 27.1 Å². The zero-order valence-corrected chi connectivity index (χ0v) is 52.9. The van der Waals surface area contributed by atoms with E-state index in [9.17, 15) is 0 Å². The Morgan fingerprint density at radius 3 is 1.55 bits per heavy atom. The highest BCUT2D eigenvalue weighted by molar-refractivity contribution is 7.00. The second-order valence-electron chi connectivity index (χ2n) is 31.1. The average Bonchev–Trinajstić information content (AvgIpc) is 1.43. The summed E-state index contributed by atoms with van der Waals surface area (Å²) >= 11 is 0. The van der Waals surface area contributed by atoms with Gasteiger partial charge >= 0.3 is 0 Å². The summed E-state index contributed by atoms with van der Waals surface area (Å²) in [5, 5.41) is 8.18. The van der Waals surface area contributed by atoms with Crippen molar-refractivity contribution in [1.82, 2.24) is 13.7 Å². The Bertz CT molecular complexity index is 4890. The van der Waals surface area contributed by atoms with Crippen LogP contribution < -0.4 is 16.4 Å². The van der Waals surface area contributed by atoms with Crippen molar-refractivity contribution in [3.8, 4) is 28.2 Å². The highest BCUT2D eigenvalue weighted by Gasteiger charge is 2.55. The van der Waals surface area contributed by atoms with Gasteiger partial charge in [-0.3, -0.25) is 0 Å². The van der Waals surface area contributed by atoms with Crippen LogP contribution in [0.2, 0.25) is 0 Å². The Labute approximate surface area is 497 Å². The van der Waals surface area contributed by atoms with Crippen molar-refractivity contribution in [2.24, 2.45) is 0 Å². The van der Waals surface area contributed by atoms with Crippen molar-refractivity contribution in [3.05, 3.63) is 201 Å². The van der Waals surface area contributed by atoms with E-state index in [1.165, 1.54) is 171 Å². The van der Waals surface area contributed by atoms with E-state index in [0.29, 0.717) is 17.8 Å². The lowest BCUT2D eigenvalue weighted by Crippen LogP contribution is -2.60. The zero-order valence-electron chi connectivity index (χ0n) is 52.9. The molecule has 1 aliphatic carbocycles. The number of hydrogen-bond donors (Lipinski definition) is 0. The zero-order chi connectivity index (χ0) is 58.7. The maximum atomic E-state index is 2.83. The van der Waals surface area contributed by atoms with E-state index in [1.54, 1.807) is 0 Å². The summed E-state index contributed by atoms with van der Waals surface area (Å²) in [6.07, 6.45) is 0. The van der Waals surface area contributed by atoms with Crippen LogP contribution in [0.3, 0.4) is 0 Å². The van der Waals surface area contributed by atoms with Gasteiger partial charge < -0.3 is 13.7 Å². The van der Waals surface area contributed by atoms with Gasteiger partial charge in [0.15, 0.2) is 0 Å². The second kappa shape index (κ2) is 16.4. The predicted molar refractivity (Wildman–Crippen MR) is 362 cm³/mol. The van der Waals surface area contributed by atoms with E-state index in [-0.39, 0.29) is 28.4 Å². The average molecular weight is 1090 g/mol. The maximum Gasteiger partial charge on any atom is 0.252 e. The van der Waals surface area contributed by atoms with Crippen LogP contribution >= 0.6 is 0 Å². The van der Waals surface area contributed by atoms with Crippen LogP contribution in [0.1, 0.15) is 204 Å². The fourth-order valence-corrected chi connectivity index (χ4v) is 16.4. The molecular formula is C80H80BN3. The van der Waals surface area contributed by atoms with Crippen molar-refractivity contribution >= 4 is 88.5 Å². The molecular weight excluding hydrogens is 1010 g/mol. The van der Waals surface area contributed by atoms with Gasteiger partial charge in [-0.25, -0.2) is 0 Å².